The van der Waals surface area contributed by atoms with Crippen molar-refractivity contribution < 1.29 is 0 Å². The summed E-state index contributed by atoms with van der Waals surface area (Å²) in [6.45, 7) is 4.56. The summed E-state index contributed by atoms with van der Waals surface area (Å²) in [7, 11) is 4.33. The van der Waals surface area contributed by atoms with Crippen LogP contribution in [0.15, 0.2) is 0 Å². The third kappa shape index (κ3) is 1.32. The van der Waals surface area contributed by atoms with Crippen molar-refractivity contribution in [2.45, 2.75) is 38.8 Å². The Labute approximate surface area is 63.8 Å². The van der Waals surface area contributed by atoms with Crippen molar-refractivity contribution >= 4 is 0 Å². The maximum absolute atomic E-state index is 2.33. The van der Waals surface area contributed by atoms with Gasteiger partial charge in [-0.3, -0.25) is 0 Å². The molecule has 0 aliphatic carbocycles. The Kier molecular flexibility index (Phi) is 2.32. The first-order chi connectivity index (χ1) is 4.63. The summed E-state index contributed by atoms with van der Waals surface area (Å²) in [5.74, 6) is 0. The van der Waals surface area contributed by atoms with Gasteiger partial charge in [0.25, 0.3) is 0 Å². The Morgan fingerprint density at radius 3 is 1.50 bits per heavy atom. The first-order valence-electron chi connectivity index (χ1n) is 4.08. The van der Waals surface area contributed by atoms with E-state index < -0.39 is 0 Å². The molecule has 0 spiro atoms. The molecule has 0 aromatic carbocycles. The van der Waals surface area contributed by atoms with E-state index in [0.717, 1.165) is 12.1 Å². The molecule has 2 heteroatoms. The van der Waals surface area contributed by atoms with E-state index in [4.69, 9.17) is 0 Å². The van der Waals surface area contributed by atoms with Crippen LogP contribution in [0.3, 0.4) is 0 Å². The molecule has 0 N–H and O–H groups in total. The highest BCUT2D eigenvalue weighted by Gasteiger charge is 2.24. The Balaban J connectivity index is 2.52. The zero-order chi connectivity index (χ0) is 7.72. The van der Waals surface area contributed by atoms with Crippen molar-refractivity contribution in [3.8, 4) is 0 Å². The lowest BCUT2D eigenvalue weighted by molar-refractivity contribution is -0.0738. The summed E-state index contributed by atoms with van der Waals surface area (Å²) in [6.07, 6.45) is 2.67. The molecule has 60 valence electrons. The molecule has 1 heterocycles. The van der Waals surface area contributed by atoms with E-state index in [-0.39, 0.29) is 0 Å². The summed E-state index contributed by atoms with van der Waals surface area (Å²) >= 11 is 0. The van der Waals surface area contributed by atoms with Crippen LogP contribution in [0.2, 0.25) is 0 Å². The Bertz CT molecular complexity index is 99.8. The molecule has 1 aliphatic heterocycles. The highest BCUT2D eigenvalue weighted by Crippen LogP contribution is 2.19. The van der Waals surface area contributed by atoms with Gasteiger partial charge in [0.15, 0.2) is 0 Å². The van der Waals surface area contributed by atoms with Gasteiger partial charge in [-0.25, -0.2) is 10.0 Å². The SMILES string of the molecule is C[C@@H]1CC[C@H](C)N(C)N1C. The fraction of sp³-hybridized carbons (Fsp3) is 1.00. The molecule has 0 bridgehead atoms. The van der Waals surface area contributed by atoms with E-state index in [0.29, 0.717) is 0 Å². The number of hydrogen-bond acceptors (Lipinski definition) is 2. The molecule has 1 fully saturated rings. The van der Waals surface area contributed by atoms with E-state index >= 15 is 0 Å². The Morgan fingerprint density at radius 1 is 0.900 bits per heavy atom. The number of rotatable bonds is 0. The van der Waals surface area contributed by atoms with Crippen LogP contribution in [-0.4, -0.2) is 36.2 Å². The van der Waals surface area contributed by atoms with Crippen molar-refractivity contribution in [3.05, 3.63) is 0 Å². The van der Waals surface area contributed by atoms with Crippen molar-refractivity contribution in [2.75, 3.05) is 14.1 Å². The van der Waals surface area contributed by atoms with Crippen molar-refractivity contribution in [1.82, 2.24) is 10.0 Å². The summed E-state index contributed by atoms with van der Waals surface area (Å²) < 4.78 is 0. The second-order valence-electron chi connectivity index (χ2n) is 3.42. The van der Waals surface area contributed by atoms with E-state index in [2.05, 4.69) is 38.0 Å². The maximum atomic E-state index is 2.33. The van der Waals surface area contributed by atoms with Crippen LogP contribution >= 0.6 is 0 Å². The molecule has 0 aromatic heterocycles. The van der Waals surface area contributed by atoms with Crippen LogP contribution in [0, 0.1) is 0 Å². The van der Waals surface area contributed by atoms with Crippen LogP contribution in [0.25, 0.3) is 0 Å². The van der Waals surface area contributed by atoms with E-state index in [1.807, 2.05) is 0 Å². The average Bonchev–Trinajstić information content (AvgIpc) is 1.93. The maximum Gasteiger partial charge on any atom is 0.0215 e. The molecule has 0 radical (unpaired) electrons. The van der Waals surface area contributed by atoms with E-state index in [1.165, 1.54) is 12.8 Å². The second-order valence-corrected chi connectivity index (χ2v) is 3.42. The Morgan fingerprint density at radius 2 is 1.20 bits per heavy atom. The highest BCUT2D eigenvalue weighted by atomic mass is 15.6. The molecule has 1 saturated heterocycles. The minimum absolute atomic E-state index is 0.723. The fourth-order valence-corrected chi connectivity index (χ4v) is 1.48. The van der Waals surface area contributed by atoms with Crippen molar-refractivity contribution in [2.24, 2.45) is 0 Å². The molecule has 2 nitrogen and oxygen atoms in total. The summed E-state index contributed by atoms with van der Waals surface area (Å²) in [5, 5.41) is 4.66. The highest BCUT2D eigenvalue weighted by molar-refractivity contribution is 4.73. The molecular weight excluding hydrogens is 124 g/mol. The zero-order valence-electron chi connectivity index (χ0n) is 7.46. The molecule has 0 aromatic rings. The minimum Gasteiger partial charge on any atom is -0.242 e. The molecule has 1 aliphatic rings. The van der Waals surface area contributed by atoms with Gasteiger partial charge >= 0.3 is 0 Å². The first kappa shape index (κ1) is 8.02. The van der Waals surface area contributed by atoms with Gasteiger partial charge in [-0.05, 0) is 26.7 Å². The first-order valence-corrected chi connectivity index (χ1v) is 4.08. The van der Waals surface area contributed by atoms with Crippen LogP contribution in [-0.2, 0) is 0 Å². The predicted molar refractivity (Wildman–Crippen MR) is 43.7 cm³/mol. The molecule has 1 rings (SSSR count). The molecule has 0 saturated carbocycles. The normalized spacial score (nSPS) is 38.4. The van der Waals surface area contributed by atoms with Gasteiger partial charge in [0.2, 0.25) is 0 Å². The van der Waals surface area contributed by atoms with Gasteiger partial charge in [0.1, 0.15) is 0 Å². The third-order valence-corrected chi connectivity index (χ3v) is 2.78. The van der Waals surface area contributed by atoms with Crippen molar-refractivity contribution in [3.63, 3.8) is 0 Å². The van der Waals surface area contributed by atoms with Gasteiger partial charge in [0, 0.05) is 26.2 Å². The number of nitrogens with zero attached hydrogens (tertiary/aromatic N) is 2. The van der Waals surface area contributed by atoms with Gasteiger partial charge < -0.3 is 0 Å². The van der Waals surface area contributed by atoms with Crippen LogP contribution < -0.4 is 0 Å². The lowest BCUT2D eigenvalue weighted by Gasteiger charge is -2.42. The van der Waals surface area contributed by atoms with Crippen LogP contribution in [0.4, 0.5) is 0 Å². The minimum atomic E-state index is 0.723. The standard InChI is InChI=1S/C8H18N2/c1-7-5-6-8(2)10(4)9(7)3/h7-8H,5-6H2,1-4H3/t7-,8+. The topological polar surface area (TPSA) is 6.48 Å². The quantitative estimate of drug-likeness (QED) is 0.503. The van der Waals surface area contributed by atoms with Gasteiger partial charge in [-0.15, -0.1) is 0 Å². The lowest BCUT2D eigenvalue weighted by atomic mass is 10.1. The van der Waals surface area contributed by atoms with Gasteiger partial charge in [-0.2, -0.15) is 0 Å². The monoisotopic (exact) mass is 142 g/mol. The van der Waals surface area contributed by atoms with Gasteiger partial charge in [0.05, 0.1) is 0 Å². The molecule has 0 amide bonds. The summed E-state index contributed by atoms with van der Waals surface area (Å²) in [6, 6.07) is 1.45. The molecule has 10 heavy (non-hydrogen) atoms. The summed E-state index contributed by atoms with van der Waals surface area (Å²) in [4.78, 5) is 0. The van der Waals surface area contributed by atoms with Crippen molar-refractivity contribution in [1.29, 1.82) is 0 Å². The summed E-state index contributed by atoms with van der Waals surface area (Å²) in [5.41, 5.74) is 0. The smallest absolute Gasteiger partial charge is 0.0215 e. The van der Waals surface area contributed by atoms with Gasteiger partial charge in [-0.1, -0.05) is 0 Å². The van der Waals surface area contributed by atoms with E-state index in [9.17, 15) is 0 Å². The van der Waals surface area contributed by atoms with Crippen LogP contribution in [0.5, 0.6) is 0 Å². The largest absolute Gasteiger partial charge is 0.242 e. The molecular formula is C8H18N2. The molecule has 0 unspecified atom stereocenters. The Hall–Kier alpha value is -0.0800. The number of hydrogen-bond donors (Lipinski definition) is 0. The average molecular weight is 142 g/mol. The number of hydrazine groups is 1. The molecule has 2 atom stereocenters. The van der Waals surface area contributed by atoms with Crippen LogP contribution in [0.1, 0.15) is 26.7 Å². The predicted octanol–water partition coefficient (Wildman–Crippen LogP) is 1.34. The zero-order valence-corrected chi connectivity index (χ0v) is 7.46. The lowest BCUT2D eigenvalue weighted by Crippen LogP contribution is -2.51. The second kappa shape index (κ2) is 2.89. The van der Waals surface area contributed by atoms with E-state index in [1.54, 1.807) is 0 Å². The third-order valence-electron chi connectivity index (χ3n) is 2.78. The fourth-order valence-electron chi connectivity index (χ4n) is 1.48.